The minimum absolute atomic E-state index is 0.416. The number of unbranched alkanes of at least 4 members (excludes halogenated alkanes) is 6. The third-order valence-electron chi connectivity index (χ3n) is 3.56. The first-order chi connectivity index (χ1) is 10.3. The van der Waals surface area contributed by atoms with Crippen molar-refractivity contribution in [1.82, 2.24) is 0 Å². The SMILES string of the molecule is CCCCCCCCCOOC(=O)c1ccc(CC)cc1. The van der Waals surface area contributed by atoms with Crippen LogP contribution < -0.4 is 0 Å². The van der Waals surface area contributed by atoms with E-state index in [9.17, 15) is 4.79 Å². The van der Waals surface area contributed by atoms with Gasteiger partial charge < -0.3 is 0 Å². The summed E-state index contributed by atoms with van der Waals surface area (Å²) < 4.78 is 0. The van der Waals surface area contributed by atoms with E-state index in [2.05, 4.69) is 13.8 Å². The van der Waals surface area contributed by atoms with Crippen LogP contribution in [0.1, 0.15) is 74.7 Å². The van der Waals surface area contributed by atoms with Gasteiger partial charge in [-0.3, -0.25) is 4.89 Å². The maximum absolute atomic E-state index is 11.7. The van der Waals surface area contributed by atoms with Crippen molar-refractivity contribution in [1.29, 1.82) is 0 Å². The zero-order chi connectivity index (χ0) is 15.3. The second-order valence-corrected chi connectivity index (χ2v) is 5.36. The van der Waals surface area contributed by atoms with Crippen molar-refractivity contribution in [3.63, 3.8) is 0 Å². The monoisotopic (exact) mass is 292 g/mol. The van der Waals surface area contributed by atoms with Crippen LogP contribution in [0.25, 0.3) is 0 Å². The Labute approximate surface area is 128 Å². The predicted octanol–water partition coefficient (Wildman–Crippen LogP) is 5.09. The van der Waals surface area contributed by atoms with Crippen molar-refractivity contribution in [2.24, 2.45) is 0 Å². The highest BCUT2D eigenvalue weighted by molar-refractivity contribution is 5.88. The molecule has 0 atom stereocenters. The third kappa shape index (κ3) is 7.86. The van der Waals surface area contributed by atoms with Crippen LogP contribution in [0.2, 0.25) is 0 Å². The van der Waals surface area contributed by atoms with E-state index < -0.39 is 5.97 Å². The van der Waals surface area contributed by atoms with Gasteiger partial charge in [-0.1, -0.05) is 64.5 Å². The lowest BCUT2D eigenvalue weighted by molar-refractivity contribution is -0.241. The van der Waals surface area contributed by atoms with Crippen LogP contribution in [0.5, 0.6) is 0 Å². The largest absolute Gasteiger partial charge is 0.373 e. The molecule has 0 saturated heterocycles. The molecule has 1 rings (SSSR count). The van der Waals surface area contributed by atoms with Crippen molar-refractivity contribution in [2.45, 2.75) is 65.2 Å². The molecule has 0 aliphatic rings. The molecule has 0 spiro atoms. The fourth-order valence-electron chi connectivity index (χ4n) is 2.14. The highest BCUT2D eigenvalue weighted by Crippen LogP contribution is 2.08. The molecule has 0 unspecified atom stereocenters. The lowest BCUT2D eigenvalue weighted by Gasteiger charge is -2.04. The highest BCUT2D eigenvalue weighted by atomic mass is 17.2. The Balaban J connectivity index is 2.05. The molecule has 0 bridgehead atoms. The molecule has 3 heteroatoms. The minimum Gasteiger partial charge on any atom is -0.293 e. The van der Waals surface area contributed by atoms with Gasteiger partial charge in [0, 0.05) is 0 Å². The van der Waals surface area contributed by atoms with E-state index in [1.807, 2.05) is 12.1 Å². The average molecular weight is 292 g/mol. The van der Waals surface area contributed by atoms with Crippen LogP contribution in [0.15, 0.2) is 24.3 Å². The quantitative estimate of drug-likeness (QED) is 0.324. The molecular formula is C18H28O3. The van der Waals surface area contributed by atoms with Crippen molar-refractivity contribution in [3.05, 3.63) is 35.4 Å². The summed E-state index contributed by atoms with van der Waals surface area (Å²) >= 11 is 0. The number of hydrogen-bond donors (Lipinski definition) is 0. The standard InChI is InChI=1S/C18H28O3/c1-3-5-6-7-8-9-10-15-20-21-18(19)17-13-11-16(4-2)12-14-17/h11-14H,3-10,15H2,1-2H3. The molecule has 118 valence electrons. The Morgan fingerprint density at radius 3 is 2.14 bits per heavy atom. The van der Waals surface area contributed by atoms with Gasteiger partial charge in [0.2, 0.25) is 0 Å². The first kappa shape index (κ1) is 17.7. The van der Waals surface area contributed by atoms with E-state index in [1.165, 1.54) is 37.7 Å². The Morgan fingerprint density at radius 1 is 0.905 bits per heavy atom. The zero-order valence-corrected chi connectivity index (χ0v) is 13.4. The number of aryl methyl sites for hydroxylation is 1. The average Bonchev–Trinajstić information content (AvgIpc) is 2.53. The van der Waals surface area contributed by atoms with Gasteiger partial charge in [0.1, 0.15) is 0 Å². The van der Waals surface area contributed by atoms with Crippen LogP contribution in [0, 0.1) is 0 Å². The fourth-order valence-corrected chi connectivity index (χ4v) is 2.14. The molecule has 0 radical (unpaired) electrons. The smallest absolute Gasteiger partial charge is 0.293 e. The number of carbonyl (C=O) groups excluding carboxylic acids is 1. The highest BCUT2D eigenvalue weighted by Gasteiger charge is 2.07. The second kappa shape index (κ2) is 11.3. The number of rotatable bonds is 11. The van der Waals surface area contributed by atoms with E-state index >= 15 is 0 Å². The predicted molar refractivity (Wildman–Crippen MR) is 85.2 cm³/mol. The molecule has 0 saturated carbocycles. The van der Waals surface area contributed by atoms with Gasteiger partial charge in [0.15, 0.2) is 0 Å². The molecule has 0 fully saturated rings. The summed E-state index contributed by atoms with van der Waals surface area (Å²) in [6.45, 7) is 4.78. The summed E-state index contributed by atoms with van der Waals surface area (Å²) in [5, 5.41) is 0. The van der Waals surface area contributed by atoms with Crippen LogP contribution in [-0.2, 0) is 16.2 Å². The lowest BCUT2D eigenvalue weighted by Crippen LogP contribution is -2.07. The summed E-state index contributed by atoms with van der Waals surface area (Å²) in [5.41, 5.74) is 1.74. The van der Waals surface area contributed by atoms with Gasteiger partial charge in [-0.15, -0.1) is 0 Å². The minimum atomic E-state index is -0.416. The first-order valence-corrected chi connectivity index (χ1v) is 8.20. The van der Waals surface area contributed by atoms with Crippen LogP contribution >= 0.6 is 0 Å². The maximum atomic E-state index is 11.7. The van der Waals surface area contributed by atoms with Gasteiger partial charge in [0.25, 0.3) is 0 Å². The number of carbonyl (C=O) groups is 1. The van der Waals surface area contributed by atoms with Gasteiger partial charge in [0.05, 0.1) is 12.2 Å². The summed E-state index contributed by atoms with van der Waals surface area (Å²) in [4.78, 5) is 21.5. The van der Waals surface area contributed by atoms with Crippen molar-refractivity contribution >= 4 is 5.97 Å². The van der Waals surface area contributed by atoms with Gasteiger partial charge >= 0.3 is 5.97 Å². The van der Waals surface area contributed by atoms with Crippen molar-refractivity contribution < 1.29 is 14.6 Å². The summed E-state index contributed by atoms with van der Waals surface area (Å²) in [7, 11) is 0. The van der Waals surface area contributed by atoms with Crippen LogP contribution in [-0.4, -0.2) is 12.6 Å². The molecule has 0 N–H and O–H groups in total. The fraction of sp³-hybridized carbons (Fsp3) is 0.611. The van der Waals surface area contributed by atoms with Crippen molar-refractivity contribution in [2.75, 3.05) is 6.61 Å². The molecule has 0 aliphatic heterocycles. The molecule has 1 aromatic rings. The van der Waals surface area contributed by atoms with Crippen LogP contribution in [0.3, 0.4) is 0 Å². The number of hydrogen-bond acceptors (Lipinski definition) is 3. The molecule has 0 heterocycles. The first-order valence-electron chi connectivity index (χ1n) is 8.20. The Morgan fingerprint density at radius 2 is 1.52 bits per heavy atom. The zero-order valence-electron chi connectivity index (χ0n) is 13.4. The summed E-state index contributed by atoms with van der Waals surface area (Å²) in [6.07, 6.45) is 9.47. The molecular weight excluding hydrogens is 264 g/mol. The molecule has 0 aromatic heterocycles. The van der Waals surface area contributed by atoms with E-state index in [4.69, 9.17) is 9.78 Å². The van der Waals surface area contributed by atoms with Crippen molar-refractivity contribution in [3.8, 4) is 0 Å². The van der Waals surface area contributed by atoms with E-state index in [1.54, 1.807) is 12.1 Å². The maximum Gasteiger partial charge on any atom is 0.373 e. The molecule has 0 amide bonds. The molecule has 1 aromatic carbocycles. The van der Waals surface area contributed by atoms with Gasteiger partial charge in [-0.25, -0.2) is 4.79 Å². The molecule has 0 aliphatic carbocycles. The number of benzene rings is 1. The van der Waals surface area contributed by atoms with Crippen LogP contribution in [0.4, 0.5) is 0 Å². The van der Waals surface area contributed by atoms with Gasteiger partial charge in [-0.05, 0) is 30.5 Å². The lowest BCUT2D eigenvalue weighted by atomic mass is 10.1. The topological polar surface area (TPSA) is 35.5 Å². The summed E-state index contributed by atoms with van der Waals surface area (Å²) in [6, 6.07) is 7.43. The Kier molecular flexibility index (Phi) is 9.55. The Bertz CT molecular complexity index is 384. The van der Waals surface area contributed by atoms with E-state index in [0.29, 0.717) is 12.2 Å². The Hall–Kier alpha value is -1.35. The van der Waals surface area contributed by atoms with Gasteiger partial charge in [-0.2, -0.15) is 4.89 Å². The van der Waals surface area contributed by atoms with E-state index in [-0.39, 0.29) is 0 Å². The second-order valence-electron chi connectivity index (χ2n) is 5.36. The molecule has 21 heavy (non-hydrogen) atoms. The third-order valence-corrected chi connectivity index (χ3v) is 3.56. The van der Waals surface area contributed by atoms with E-state index in [0.717, 1.165) is 19.3 Å². The molecule has 3 nitrogen and oxygen atoms in total. The summed E-state index contributed by atoms with van der Waals surface area (Å²) in [5.74, 6) is -0.416. The normalized spacial score (nSPS) is 10.6.